The summed E-state index contributed by atoms with van der Waals surface area (Å²) in [5, 5.41) is 21.7. The molecule has 2 aromatic rings. The van der Waals surface area contributed by atoms with E-state index in [4.69, 9.17) is 5.73 Å². The maximum absolute atomic E-state index is 12.1. The first-order chi connectivity index (χ1) is 10.5. The number of carbonyl (C=O) groups is 2. The summed E-state index contributed by atoms with van der Waals surface area (Å²) in [6.07, 6.45) is -1.35. The number of amides is 1. The maximum Gasteiger partial charge on any atom is 0.329 e. The van der Waals surface area contributed by atoms with E-state index in [0.29, 0.717) is 11.3 Å². The van der Waals surface area contributed by atoms with Crippen molar-refractivity contribution in [1.29, 1.82) is 0 Å². The van der Waals surface area contributed by atoms with Crippen LogP contribution >= 0.6 is 0 Å². The Kier molecular flexibility index (Phi) is 4.75. The Hall–Kier alpha value is -2.86. The number of carbonyl (C=O) groups excluding carboxylic acids is 1. The molecule has 6 heteroatoms. The van der Waals surface area contributed by atoms with Crippen LogP contribution < -0.4 is 11.1 Å². The van der Waals surface area contributed by atoms with Gasteiger partial charge >= 0.3 is 5.97 Å². The van der Waals surface area contributed by atoms with Crippen LogP contribution in [-0.2, 0) is 4.79 Å². The molecule has 22 heavy (non-hydrogen) atoms. The van der Waals surface area contributed by atoms with Crippen LogP contribution in [0.1, 0.15) is 22.0 Å². The third kappa shape index (κ3) is 3.62. The number of hydrogen-bond donors (Lipinski definition) is 4. The van der Waals surface area contributed by atoms with Gasteiger partial charge in [-0.25, -0.2) is 4.79 Å². The number of aliphatic carboxylic acids is 1. The third-order valence-corrected chi connectivity index (χ3v) is 3.18. The smallest absolute Gasteiger partial charge is 0.329 e. The summed E-state index contributed by atoms with van der Waals surface area (Å²) in [6.45, 7) is 0. The van der Waals surface area contributed by atoms with Crippen molar-refractivity contribution in [3.05, 3.63) is 65.7 Å². The fourth-order valence-electron chi connectivity index (χ4n) is 1.98. The average molecular weight is 300 g/mol. The molecule has 114 valence electrons. The molecule has 1 amide bonds. The van der Waals surface area contributed by atoms with E-state index in [1.165, 1.54) is 24.3 Å². The zero-order chi connectivity index (χ0) is 16.1. The first-order valence-corrected chi connectivity index (χ1v) is 6.61. The van der Waals surface area contributed by atoms with Gasteiger partial charge in [-0.3, -0.25) is 4.79 Å². The Morgan fingerprint density at radius 1 is 1.00 bits per heavy atom. The van der Waals surface area contributed by atoms with Crippen LogP contribution in [0.5, 0.6) is 0 Å². The van der Waals surface area contributed by atoms with Gasteiger partial charge in [-0.2, -0.15) is 0 Å². The molecule has 1 unspecified atom stereocenters. The highest BCUT2D eigenvalue weighted by Crippen LogP contribution is 2.17. The van der Waals surface area contributed by atoms with Crippen LogP contribution in [0.4, 0.5) is 5.69 Å². The maximum atomic E-state index is 12.1. The molecular weight excluding hydrogens is 284 g/mol. The number of nitrogens with one attached hydrogen (secondary N) is 1. The van der Waals surface area contributed by atoms with Crippen molar-refractivity contribution in [1.82, 2.24) is 5.32 Å². The number of aliphatic hydroxyl groups is 1. The summed E-state index contributed by atoms with van der Waals surface area (Å²) in [5.74, 6) is -1.91. The van der Waals surface area contributed by atoms with Gasteiger partial charge in [-0.05, 0) is 29.8 Å². The first-order valence-electron chi connectivity index (χ1n) is 6.61. The van der Waals surface area contributed by atoms with E-state index in [1.54, 1.807) is 30.3 Å². The third-order valence-electron chi connectivity index (χ3n) is 3.18. The summed E-state index contributed by atoms with van der Waals surface area (Å²) in [4.78, 5) is 23.4. The number of carboxylic acid groups (broad SMARTS) is 1. The van der Waals surface area contributed by atoms with Gasteiger partial charge in [-0.1, -0.05) is 30.3 Å². The molecule has 2 aromatic carbocycles. The predicted molar refractivity (Wildman–Crippen MR) is 81.1 cm³/mol. The van der Waals surface area contributed by atoms with Crippen molar-refractivity contribution in [2.75, 3.05) is 5.73 Å². The van der Waals surface area contributed by atoms with Crippen molar-refractivity contribution in [2.24, 2.45) is 0 Å². The highest BCUT2D eigenvalue weighted by molar-refractivity contribution is 5.97. The standard InChI is InChI=1S/C16H16N2O4/c17-12-8-6-11(7-9-12)15(20)18-13(16(21)22)14(19)10-4-2-1-3-5-10/h1-9,13-14,19H,17H2,(H,18,20)(H,21,22)/t13-,14?/m0/s1. The number of nitrogens with two attached hydrogens (primary N) is 1. The molecule has 0 saturated heterocycles. The number of carboxylic acids is 1. The lowest BCUT2D eigenvalue weighted by Crippen LogP contribution is -2.45. The number of hydrogen-bond acceptors (Lipinski definition) is 4. The fraction of sp³-hybridized carbons (Fsp3) is 0.125. The Labute approximate surface area is 127 Å². The number of benzene rings is 2. The lowest BCUT2D eigenvalue weighted by Gasteiger charge is -2.20. The van der Waals surface area contributed by atoms with Gasteiger partial charge in [0, 0.05) is 11.3 Å². The first kappa shape index (κ1) is 15.5. The van der Waals surface area contributed by atoms with Gasteiger partial charge in [0.1, 0.15) is 6.10 Å². The van der Waals surface area contributed by atoms with Gasteiger partial charge in [-0.15, -0.1) is 0 Å². The summed E-state index contributed by atoms with van der Waals surface area (Å²) in [7, 11) is 0. The Balaban J connectivity index is 2.17. The highest BCUT2D eigenvalue weighted by atomic mass is 16.4. The lowest BCUT2D eigenvalue weighted by molar-refractivity contribution is -0.142. The average Bonchev–Trinajstić information content (AvgIpc) is 2.53. The van der Waals surface area contributed by atoms with E-state index < -0.39 is 24.0 Å². The number of nitrogen functional groups attached to an aromatic ring is 1. The van der Waals surface area contributed by atoms with Crippen LogP contribution in [0.25, 0.3) is 0 Å². The minimum atomic E-state index is -1.45. The number of aliphatic hydroxyl groups excluding tert-OH is 1. The van der Waals surface area contributed by atoms with Crippen molar-refractivity contribution < 1.29 is 19.8 Å². The molecule has 0 spiro atoms. The second-order valence-corrected chi connectivity index (χ2v) is 4.77. The molecule has 0 radical (unpaired) electrons. The molecule has 0 fully saturated rings. The minimum absolute atomic E-state index is 0.265. The Morgan fingerprint density at radius 3 is 2.14 bits per heavy atom. The largest absolute Gasteiger partial charge is 0.480 e. The second kappa shape index (κ2) is 6.73. The summed E-state index contributed by atoms with van der Waals surface area (Å²) < 4.78 is 0. The molecule has 0 aliphatic heterocycles. The summed E-state index contributed by atoms with van der Waals surface area (Å²) in [5.41, 5.74) is 6.70. The monoisotopic (exact) mass is 300 g/mol. The molecule has 0 aromatic heterocycles. The molecule has 0 aliphatic carbocycles. The van der Waals surface area contributed by atoms with E-state index >= 15 is 0 Å². The predicted octanol–water partition coefficient (Wildman–Crippen LogP) is 1.19. The van der Waals surface area contributed by atoms with E-state index in [2.05, 4.69) is 5.32 Å². The lowest BCUT2D eigenvalue weighted by atomic mass is 10.0. The molecule has 2 rings (SSSR count). The molecule has 0 heterocycles. The van der Waals surface area contributed by atoms with Crippen LogP contribution in [0.3, 0.4) is 0 Å². The van der Waals surface area contributed by atoms with Crippen molar-refractivity contribution in [3.63, 3.8) is 0 Å². The molecule has 0 saturated carbocycles. The van der Waals surface area contributed by atoms with E-state index in [-0.39, 0.29) is 5.56 Å². The van der Waals surface area contributed by atoms with Crippen LogP contribution in [0.15, 0.2) is 54.6 Å². The Morgan fingerprint density at radius 2 is 1.59 bits per heavy atom. The SMILES string of the molecule is Nc1ccc(C(=O)N[C@H](C(=O)O)C(O)c2ccccc2)cc1. The van der Waals surface area contributed by atoms with Gasteiger partial charge in [0.15, 0.2) is 6.04 Å². The topological polar surface area (TPSA) is 113 Å². The van der Waals surface area contributed by atoms with Crippen molar-refractivity contribution in [3.8, 4) is 0 Å². The number of anilines is 1. The van der Waals surface area contributed by atoms with Gasteiger partial charge < -0.3 is 21.3 Å². The zero-order valence-electron chi connectivity index (χ0n) is 11.6. The van der Waals surface area contributed by atoms with Gasteiger partial charge in [0.2, 0.25) is 0 Å². The molecule has 2 atom stereocenters. The van der Waals surface area contributed by atoms with Crippen molar-refractivity contribution >= 4 is 17.6 Å². The van der Waals surface area contributed by atoms with E-state index in [0.717, 1.165) is 0 Å². The normalized spacial score (nSPS) is 13.1. The molecular formula is C16H16N2O4. The summed E-state index contributed by atoms with van der Waals surface area (Å²) >= 11 is 0. The highest BCUT2D eigenvalue weighted by Gasteiger charge is 2.29. The molecule has 5 N–H and O–H groups in total. The van der Waals surface area contributed by atoms with Gasteiger partial charge in [0.25, 0.3) is 5.91 Å². The van der Waals surface area contributed by atoms with Crippen LogP contribution in [0, 0.1) is 0 Å². The van der Waals surface area contributed by atoms with Crippen molar-refractivity contribution in [2.45, 2.75) is 12.1 Å². The van der Waals surface area contributed by atoms with Crippen LogP contribution in [-0.4, -0.2) is 28.1 Å². The van der Waals surface area contributed by atoms with E-state index in [9.17, 15) is 19.8 Å². The summed E-state index contributed by atoms with van der Waals surface area (Å²) in [6, 6.07) is 12.9. The second-order valence-electron chi connectivity index (χ2n) is 4.77. The number of rotatable bonds is 5. The quantitative estimate of drug-likeness (QED) is 0.619. The van der Waals surface area contributed by atoms with Crippen LogP contribution in [0.2, 0.25) is 0 Å². The molecule has 6 nitrogen and oxygen atoms in total. The van der Waals surface area contributed by atoms with Gasteiger partial charge in [0.05, 0.1) is 0 Å². The van der Waals surface area contributed by atoms with E-state index in [1.807, 2.05) is 0 Å². The minimum Gasteiger partial charge on any atom is -0.480 e. The zero-order valence-corrected chi connectivity index (χ0v) is 11.6. The fourth-order valence-corrected chi connectivity index (χ4v) is 1.98. The molecule has 0 aliphatic rings. The molecule has 0 bridgehead atoms. The Bertz CT molecular complexity index is 656.